The summed E-state index contributed by atoms with van der Waals surface area (Å²) in [5, 5.41) is 9.57. The van der Waals surface area contributed by atoms with Gasteiger partial charge in [-0.2, -0.15) is 4.98 Å². The summed E-state index contributed by atoms with van der Waals surface area (Å²) in [6, 6.07) is 9.01. The molecule has 0 aliphatic carbocycles. The van der Waals surface area contributed by atoms with Gasteiger partial charge in [0.05, 0.1) is 11.2 Å². The SMILES string of the molecule is O=CNc1ccc(-c2nc3cnc(NCc4ccc(F)c(F)c4)nc3n2C[C@@H]2CCCNC2)c(Cl)c1. The van der Waals surface area contributed by atoms with Crippen molar-refractivity contribution in [3.05, 3.63) is 64.8 Å². The second kappa shape index (κ2) is 10.5. The van der Waals surface area contributed by atoms with Crippen molar-refractivity contribution >= 4 is 40.8 Å². The standard InChI is InChI=1S/C25H24ClF2N7O/c26-19-9-17(32-14-36)4-5-18(19)23-33-22-12-31-25(30-11-15-3-6-20(27)21(28)8-15)34-24(22)35(23)13-16-2-1-7-29-10-16/h3-6,8-9,12,14,16,29H,1-2,7,10-11,13H2,(H,32,36)(H,30,31,34)/t16-/m1/s1. The number of rotatable bonds is 8. The summed E-state index contributed by atoms with van der Waals surface area (Å²) in [6.07, 6.45) is 4.40. The third-order valence-corrected chi connectivity index (χ3v) is 6.51. The molecule has 8 nitrogen and oxygen atoms in total. The van der Waals surface area contributed by atoms with Gasteiger partial charge in [-0.1, -0.05) is 17.7 Å². The second-order valence-electron chi connectivity index (χ2n) is 8.72. The van der Waals surface area contributed by atoms with Crippen molar-refractivity contribution in [2.24, 2.45) is 5.92 Å². The molecule has 3 heterocycles. The average Bonchev–Trinajstić information content (AvgIpc) is 3.23. The van der Waals surface area contributed by atoms with E-state index in [9.17, 15) is 13.6 Å². The Morgan fingerprint density at radius 1 is 1.17 bits per heavy atom. The molecule has 2 aromatic carbocycles. The van der Waals surface area contributed by atoms with E-state index in [0.29, 0.717) is 63.6 Å². The Kier molecular flexibility index (Phi) is 7.06. The van der Waals surface area contributed by atoms with Crippen molar-refractivity contribution < 1.29 is 13.6 Å². The third-order valence-electron chi connectivity index (χ3n) is 6.20. The molecule has 0 radical (unpaired) electrons. The Morgan fingerprint density at radius 2 is 2.06 bits per heavy atom. The van der Waals surface area contributed by atoms with Crippen molar-refractivity contribution in [3.8, 4) is 11.4 Å². The van der Waals surface area contributed by atoms with Crippen LogP contribution in [-0.2, 0) is 17.9 Å². The highest BCUT2D eigenvalue weighted by Gasteiger charge is 2.22. The number of amides is 1. The number of anilines is 2. The maximum Gasteiger partial charge on any atom is 0.225 e. The minimum atomic E-state index is -0.902. The molecular formula is C25H24ClF2N7O. The van der Waals surface area contributed by atoms with E-state index in [4.69, 9.17) is 21.6 Å². The molecule has 0 unspecified atom stereocenters. The lowest BCUT2D eigenvalue weighted by atomic mass is 9.99. The van der Waals surface area contributed by atoms with E-state index in [1.165, 1.54) is 6.07 Å². The molecule has 186 valence electrons. The highest BCUT2D eigenvalue weighted by Crippen LogP contribution is 2.33. The van der Waals surface area contributed by atoms with E-state index in [1.54, 1.807) is 18.3 Å². The Morgan fingerprint density at radius 3 is 2.81 bits per heavy atom. The molecule has 1 aliphatic rings. The Balaban J connectivity index is 1.50. The summed E-state index contributed by atoms with van der Waals surface area (Å²) in [5.41, 5.74) is 3.12. The first kappa shape index (κ1) is 24.1. The number of aromatic nitrogens is 4. The zero-order chi connectivity index (χ0) is 25.1. The van der Waals surface area contributed by atoms with Gasteiger partial charge in [0.2, 0.25) is 12.4 Å². The number of benzene rings is 2. The molecule has 3 N–H and O–H groups in total. The summed E-state index contributed by atoms with van der Waals surface area (Å²) < 4.78 is 28.9. The van der Waals surface area contributed by atoms with Crippen molar-refractivity contribution in [1.29, 1.82) is 0 Å². The normalized spacial score (nSPS) is 15.7. The molecule has 0 spiro atoms. The predicted molar refractivity (Wildman–Crippen MR) is 135 cm³/mol. The van der Waals surface area contributed by atoms with Crippen LogP contribution in [0.4, 0.5) is 20.4 Å². The third kappa shape index (κ3) is 5.14. The first-order chi connectivity index (χ1) is 17.5. The number of nitrogens with one attached hydrogen (secondary N) is 3. The minimum absolute atomic E-state index is 0.229. The van der Waals surface area contributed by atoms with Crippen molar-refractivity contribution in [1.82, 2.24) is 24.8 Å². The molecule has 1 atom stereocenters. The van der Waals surface area contributed by atoms with Gasteiger partial charge in [0.25, 0.3) is 0 Å². The molecule has 5 rings (SSSR count). The number of hydrogen-bond acceptors (Lipinski definition) is 6. The highest BCUT2D eigenvalue weighted by molar-refractivity contribution is 6.33. The number of carbonyl (C=O) groups excluding carboxylic acids is 1. The number of piperidine rings is 1. The number of halogens is 3. The van der Waals surface area contributed by atoms with Gasteiger partial charge in [-0.05, 0) is 67.7 Å². The summed E-state index contributed by atoms with van der Waals surface area (Å²) in [6.45, 7) is 2.81. The highest BCUT2D eigenvalue weighted by atomic mass is 35.5. The lowest BCUT2D eigenvalue weighted by Gasteiger charge is -2.24. The van der Waals surface area contributed by atoms with Crippen LogP contribution in [0.3, 0.4) is 0 Å². The molecule has 36 heavy (non-hydrogen) atoms. The molecule has 1 aliphatic heterocycles. The van der Waals surface area contributed by atoms with Gasteiger partial charge in [0.1, 0.15) is 11.3 Å². The van der Waals surface area contributed by atoms with E-state index in [1.807, 2.05) is 10.6 Å². The summed E-state index contributed by atoms with van der Waals surface area (Å²) in [7, 11) is 0. The average molecular weight is 512 g/mol. The van der Waals surface area contributed by atoms with Crippen molar-refractivity contribution in [2.75, 3.05) is 23.7 Å². The maximum atomic E-state index is 13.6. The van der Waals surface area contributed by atoms with Gasteiger partial charge >= 0.3 is 0 Å². The molecule has 11 heteroatoms. The Labute approximate surface area is 211 Å². The minimum Gasteiger partial charge on any atom is -0.350 e. The fraction of sp³-hybridized carbons (Fsp3) is 0.280. The molecule has 1 fully saturated rings. The molecule has 4 aromatic rings. The number of hydrogen-bond donors (Lipinski definition) is 3. The summed E-state index contributed by atoms with van der Waals surface area (Å²) in [5.74, 6) is -0.402. The molecule has 0 saturated carbocycles. The molecular weight excluding hydrogens is 488 g/mol. The first-order valence-corrected chi connectivity index (χ1v) is 12.0. The van der Waals surface area contributed by atoms with Crippen LogP contribution in [0, 0.1) is 17.6 Å². The van der Waals surface area contributed by atoms with E-state index in [0.717, 1.165) is 38.1 Å². The fourth-order valence-electron chi connectivity index (χ4n) is 4.41. The predicted octanol–water partition coefficient (Wildman–Crippen LogP) is 4.60. The molecule has 0 bridgehead atoms. The van der Waals surface area contributed by atoms with Crippen LogP contribution >= 0.6 is 11.6 Å². The van der Waals surface area contributed by atoms with Crippen molar-refractivity contribution in [2.45, 2.75) is 25.9 Å². The van der Waals surface area contributed by atoms with Gasteiger partial charge in [0, 0.05) is 24.3 Å². The molecule has 1 amide bonds. The lowest BCUT2D eigenvalue weighted by molar-refractivity contribution is -0.105. The van der Waals surface area contributed by atoms with Crippen LogP contribution in [-0.4, -0.2) is 39.0 Å². The number of nitrogens with zero attached hydrogens (tertiary/aromatic N) is 4. The Hall–Kier alpha value is -3.63. The van der Waals surface area contributed by atoms with Gasteiger partial charge < -0.3 is 20.5 Å². The zero-order valence-electron chi connectivity index (χ0n) is 19.3. The molecule has 2 aromatic heterocycles. The Bertz CT molecular complexity index is 1400. The number of fused-ring (bicyclic) bond motifs is 1. The maximum absolute atomic E-state index is 13.6. The van der Waals surface area contributed by atoms with Gasteiger partial charge in [-0.25, -0.2) is 18.7 Å². The van der Waals surface area contributed by atoms with Crippen LogP contribution in [0.2, 0.25) is 5.02 Å². The van der Waals surface area contributed by atoms with Crippen LogP contribution in [0.15, 0.2) is 42.6 Å². The number of carbonyl (C=O) groups is 1. The first-order valence-electron chi connectivity index (χ1n) is 11.6. The van der Waals surface area contributed by atoms with Crippen LogP contribution in [0.5, 0.6) is 0 Å². The van der Waals surface area contributed by atoms with Gasteiger partial charge in [-0.3, -0.25) is 4.79 Å². The number of imidazole rings is 1. The van der Waals surface area contributed by atoms with E-state index >= 15 is 0 Å². The topological polar surface area (TPSA) is 96.8 Å². The summed E-state index contributed by atoms with van der Waals surface area (Å²) >= 11 is 6.59. The van der Waals surface area contributed by atoms with Gasteiger partial charge in [-0.15, -0.1) is 0 Å². The largest absolute Gasteiger partial charge is 0.350 e. The van der Waals surface area contributed by atoms with Crippen LogP contribution in [0.25, 0.3) is 22.6 Å². The lowest BCUT2D eigenvalue weighted by Crippen LogP contribution is -2.32. The van der Waals surface area contributed by atoms with Crippen LogP contribution in [0.1, 0.15) is 18.4 Å². The van der Waals surface area contributed by atoms with Crippen LogP contribution < -0.4 is 16.0 Å². The smallest absolute Gasteiger partial charge is 0.225 e. The van der Waals surface area contributed by atoms with E-state index < -0.39 is 11.6 Å². The zero-order valence-corrected chi connectivity index (χ0v) is 20.0. The summed E-state index contributed by atoms with van der Waals surface area (Å²) in [4.78, 5) is 24.7. The van der Waals surface area contributed by atoms with E-state index in [2.05, 4.69) is 20.9 Å². The van der Waals surface area contributed by atoms with Gasteiger partial charge in [0.15, 0.2) is 17.3 Å². The fourth-order valence-corrected chi connectivity index (χ4v) is 4.67. The van der Waals surface area contributed by atoms with E-state index in [-0.39, 0.29) is 6.54 Å². The second-order valence-corrected chi connectivity index (χ2v) is 9.13. The molecule has 1 saturated heterocycles. The monoisotopic (exact) mass is 511 g/mol. The van der Waals surface area contributed by atoms with Crippen molar-refractivity contribution in [3.63, 3.8) is 0 Å². The quantitative estimate of drug-likeness (QED) is 0.299.